The summed E-state index contributed by atoms with van der Waals surface area (Å²) in [6, 6.07) is 3.81. The zero-order valence-corrected chi connectivity index (χ0v) is 12.4. The van der Waals surface area contributed by atoms with Crippen LogP contribution in [-0.4, -0.2) is 42.3 Å². The Morgan fingerprint density at radius 2 is 2.19 bits per heavy atom. The van der Waals surface area contributed by atoms with Gasteiger partial charge in [-0.2, -0.15) is 0 Å². The van der Waals surface area contributed by atoms with Crippen LogP contribution in [0.25, 0.3) is 0 Å². The first kappa shape index (κ1) is 14.5. The van der Waals surface area contributed by atoms with Crippen LogP contribution < -0.4 is 9.47 Å². The molecule has 1 N–H and O–H groups in total. The van der Waals surface area contributed by atoms with E-state index in [0.29, 0.717) is 42.8 Å². The van der Waals surface area contributed by atoms with Crippen molar-refractivity contribution in [2.75, 3.05) is 26.3 Å². The molecule has 6 heteroatoms. The fraction of sp³-hybridized carbons (Fsp3) is 0.533. The van der Waals surface area contributed by atoms with Gasteiger partial charge >= 0.3 is 5.97 Å². The topological polar surface area (TPSA) is 59.0 Å². The summed E-state index contributed by atoms with van der Waals surface area (Å²) in [4.78, 5) is 13.3. The highest BCUT2D eigenvalue weighted by molar-refractivity contribution is 6.32. The Morgan fingerprint density at radius 3 is 3.00 bits per heavy atom. The molecular formula is C15H18ClNO4. The maximum absolute atomic E-state index is 11.1. The van der Waals surface area contributed by atoms with Crippen molar-refractivity contribution >= 4 is 17.6 Å². The van der Waals surface area contributed by atoms with E-state index in [1.807, 2.05) is 12.1 Å². The lowest BCUT2D eigenvalue weighted by Gasteiger charge is -2.31. The minimum absolute atomic E-state index is 0.272. The molecule has 114 valence electrons. The molecule has 0 amide bonds. The van der Waals surface area contributed by atoms with Crippen LogP contribution in [-0.2, 0) is 11.3 Å². The first-order valence-corrected chi connectivity index (χ1v) is 7.54. The van der Waals surface area contributed by atoms with E-state index in [9.17, 15) is 4.79 Å². The van der Waals surface area contributed by atoms with Crippen LogP contribution >= 0.6 is 11.6 Å². The van der Waals surface area contributed by atoms with Crippen molar-refractivity contribution < 1.29 is 19.4 Å². The van der Waals surface area contributed by atoms with Crippen LogP contribution in [0.1, 0.15) is 18.4 Å². The van der Waals surface area contributed by atoms with E-state index in [1.165, 1.54) is 0 Å². The SMILES string of the molecule is O=C(O)C1CCCN(Cc2cc(Cl)c3c(c2)OCCO3)C1. The predicted molar refractivity (Wildman–Crippen MR) is 78.1 cm³/mol. The molecular weight excluding hydrogens is 294 g/mol. The van der Waals surface area contributed by atoms with E-state index >= 15 is 0 Å². The first-order valence-electron chi connectivity index (χ1n) is 7.16. The summed E-state index contributed by atoms with van der Waals surface area (Å²) in [6.45, 7) is 3.22. The quantitative estimate of drug-likeness (QED) is 0.929. The molecule has 0 saturated carbocycles. The summed E-state index contributed by atoms with van der Waals surface area (Å²) in [7, 11) is 0. The van der Waals surface area contributed by atoms with Crippen LogP contribution in [0.3, 0.4) is 0 Å². The number of hydrogen-bond donors (Lipinski definition) is 1. The van der Waals surface area contributed by atoms with E-state index in [-0.39, 0.29) is 5.92 Å². The maximum atomic E-state index is 11.1. The summed E-state index contributed by atoms with van der Waals surface area (Å²) in [6.07, 6.45) is 1.67. The number of carbonyl (C=O) groups is 1. The number of nitrogens with zero attached hydrogens (tertiary/aromatic N) is 1. The number of benzene rings is 1. The zero-order valence-electron chi connectivity index (χ0n) is 11.7. The molecule has 1 unspecified atom stereocenters. The molecule has 2 aliphatic rings. The van der Waals surface area contributed by atoms with Gasteiger partial charge in [0.25, 0.3) is 0 Å². The third kappa shape index (κ3) is 3.24. The minimum atomic E-state index is -0.708. The molecule has 0 spiro atoms. The first-order chi connectivity index (χ1) is 10.1. The van der Waals surface area contributed by atoms with Crippen molar-refractivity contribution in [2.45, 2.75) is 19.4 Å². The number of rotatable bonds is 3. The highest BCUT2D eigenvalue weighted by Gasteiger charge is 2.26. The number of carboxylic acids is 1. The smallest absolute Gasteiger partial charge is 0.307 e. The van der Waals surface area contributed by atoms with Gasteiger partial charge in [0.05, 0.1) is 10.9 Å². The normalized spacial score (nSPS) is 22.0. The monoisotopic (exact) mass is 311 g/mol. The van der Waals surface area contributed by atoms with E-state index < -0.39 is 5.97 Å². The van der Waals surface area contributed by atoms with Crippen LogP contribution in [0.5, 0.6) is 11.5 Å². The summed E-state index contributed by atoms with van der Waals surface area (Å²) in [5.74, 6) is 0.301. The average Bonchev–Trinajstić information content (AvgIpc) is 2.47. The molecule has 1 fully saturated rings. The van der Waals surface area contributed by atoms with Gasteiger partial charge in [-0.1, -0.05) is 11.6 Å². The number of piperidine rings is 1. The molecule has 1 saturated heterocycles. The number of likely N-dealkylation sites (tertiary alicyclic amines) is 1. The zero-order chi connectivity index (χ0) is 14.8. The van der Waals surface area contributed by atoms with E-state index in [1.54, 1.807) is 0 Å². The van der Waals surface area contributed by atoms with Crippen LogP contribution in [0.4, 0.5) is 0 Å². The van der Waals surface area contributed by atoms with E-state index in [0.717, 1.165) is 24.9 Å². The van der Waals surface area contributed by atoms with Crippen LogP contribution in [0, 0.1) is 5.92 Å². The van der Waals surface area contributed by atoms with Gasteiger partial charge in [-0.15, -0.1) is 0 Å². The second-order valence-corrected chi connectivity index (χ2v) is 5.92. The van der Waals surface area contributed by atoms with Crippen LogP contribution in [0.2, 0.25) is 5.02 Å². The van der Waals surface area contributed by atoms with E-state index in [2.05, 4.69) is 4.90 Å². The highest BCUT2D eigenvalue weighted by atomic mass is 35.5. The molecule has 0 aromatic heterocycles. The predicted octanol–water partition coefficient (Wildman–Crippen LogP) is 2.41. The fourth-order valence-electron chi connectivity index (χ4n) is 2.91. The molecule has 21 heavy (non-hydrogen) atoms. The van der Waals surface area contributed by atoms with Crippen molar-refractivity contribution in [3.05, 3.63) is 22.7 Å². The molecule has 3 rings (SSSR count). The Labute approximate surface area is 128 Å². The Balaban J connectivity index is 1.73. The van der Waals surface area contributed by atoms with Crippen molar-refractivity contribution in [1.29, 1.82) is 0 Å². The van der Waals surface area contributed by atoms with Gasteiger partial charge in [0, 0.05) is 13.1 Å². The third-order valence-corrected chi connectivity index (χ3v) is 4.20. The molecule has 0 aliphatic carbocycles. The fourth-order valence-corrected chi connectivity index (χ4v) is 3.20. The molecule has 1 aromatic carbocycles. The molecule has 0 radical (unpaired) electrons. The van der Waals surface area contributed by atoms with Gasteiger partial charge < -0.3 is 14.6 Å². The second-order valence-electron chi connectivity index (χ2n) is 5.51. The van der Waals surface area contributed by atoms with Gasteiger partial charge in [-0.25, -0.2) is 0 Å². The largest absolute Gasteiger partial charge is 0.486 e. The number of fused-ring (bicyclic) bond motifs is 1. The standard InChI is InChI=1S/C15H18ClNO4/c16-12-6-10(7-13-14(12)21-5-4-20-13)8-17-3-1-2-11(9-17)15(18)19/h6-7,11H,1-5,8-9H2,(H,18,19). The lowest BCUT2D eigenvalue weighted by Crippen LogP contribution is -2.38. The lowest BCUT2D eigenvalue weighted by atomic mass is 9.98. The number of aliphatic carboxylic acids is 1. The van der Waals surface area contributed by atoms with Gasteiger partial charge in [0.2, 0.25) is 0 Å². The van der Waals surface area contributed by atoms with E-state index in [4.69, 9.17) is 26.2 Å². The Kier molecular flexibility index (Phi) is 4.22. The highest BCUT2D eigenvalue weighted by Crippen LogP contribution is 2.38. The summed E-state index contributed by atoms with van der Waals surface area (Å²) in [5.41, 5.74) is 1.02. The number of carboxylic acid groups (broad SMARTS) is 1. The van der Waals surface area contributed by atoms with Gasteiger partial charge in [-0.3, -0.25) is 9.69 Å². The number of hydrogen-bond acceptors (Lipinski definition) is 4. The Bertz CT molecular complexity index is 549. The van der Waals surface area contributed by atoms with Crippen molar-refractivity contribution in [1.82, 2.24) is 4.90 Å². The summed E-state index contributed by atoms with van der Waals surface area (Å²) in [5, 5.41) is 9.69. The number of ether oxygens (including phenoxy) is 2. The summed E-state index contributed by atoms with van der Waals surface area (Å²) >= 11 is 6.23. The third-order valence-electron chi connectivity index (χ3n) is 3.92. The molecule has 0 bridgehead atoms. The lowest BCUT2D eigenvalue weighted by molar-refractivity contribution is -0.143. The van der Waals surface area contributed by atoms with Gasteiger partial charge in [-0.05, 0) is 37.1 Å². The molecule has 2 aliphatic heterocycles. The van der Waals surface area contributed by atoms with Crippen molar-refractivity contribution in [3.63, 3.8) is 0 Å². The summed E-state index contributed by atoms with van der Waals surface area (Å²) < 4.78 is 11.1. The van der Waals surface area contributed by atoms with Gasteiger partial charge in [0.15, 0.2) is 11.5 Å². The Morgan fingerprint density at radius 1 is 1.38 bits per heavy atom. The van der Waals surface area contributed by atoms with Crippen molar-refractivity contribution in [3.8, 4) is 11.5 Å². The average molecular weight is 312 g/mol. The molecule has 1 aromatic rings. The number of halogens is 1. The molecule has 2 heterocycles. The maximum Gasteiger partial charge on any atom is 0.307 e. The van der Waals surface area contributed by atoms with Gasteiger partial charge in [0.1, 0.15) is 13.2 Å². The van der Waals surface area contributed by atoms with Crippen molar-refractivity contribution in [2.24, 2.45) is 5.92 Å². The second kappa shape index (κ2) is 6.12. The minimum Gasteiger partial charge on any atom is -0.486 e. The molecule has 1 atom stereocenters. The Hall–Kier alpha value is -1.46. The van der Waals surface area contributed by atoms with Crippen LogP contribution in [0.15, 0.2) is 12.1 Å². The molecule has 5 nitrogen and oxygen atoms in total.